The van der Waals surface area contributed by atoms with Gasteiger partial charge >= 0.3 is 0 Å². The standard InChI is InChI=1S/C68H129N2O6P/c1-6-8-10-12-14-16-18-20-22-24-26-28-30-32-33-34-35-36-38-39-41-43-45-47-49-51-53-55-57-59-61-67(71)66(65-76-77(73,74)75-64-63-70(3,4)5)69-68(72)62-60-58-56-54-52-50-48-46-44-42-40-37-31-29-27-25-23-21-19-17-15-13-11-9-7-2/h19,21,25,27,31,37,51,53,59,61,66-67,71H,6-18,20,22-24,26,28-30,32-36,38-50,52,54-58,60,62-65H2,1-5H3,(H-,69,72,73,74)/b21-19-,27-25-,37-31-,53-51+,61-59+. The predicted molar refractivity (Wildman–Crippen MR) is 334 cm³/mol. The molecule has 1 amide bonds. The molecule has 0 aliphatic heterocycles. The first-order valence-corrected chi connectivity index (χ1v) is 34.6. The summed E-state index contributed by atoms with van der Waals surface area (Å²) in [6, 6.07) is -0.910. The van der Waals surface area contributed by atoms with Crippen molar-refractivity contribution in [2.75, 3.05) is 40.9 Å². The number of carbonyl (C=O) groups excluding carboxylic acids is 1. The number of aliphatic hydroxyl groups is 1. The minimum Gasteiger partial charge on any atom is -0.756 e. The van der Waals surface area contributed by atoms with Crippen molar-refractivity contribution >= 4 is 13.7 Å². The minimum absolute atomic E-state index is 0.00860. The summed E-state index contributed by atoms with van der Waals surface area (Å²) in [7, 11) is 1.24. The van der Waals surface area contributed by atoms with E-state index in [1.807, 2.05) is 27.2 Å². The number of nitrogens with zero attached hydrogens (tertiary/aromatic N) is 1. The number of allylic oxidation sites excluding steroid dienone is 9. The SMILES string of the molecule is CCCCCCC/C=C\C/C=C\C/C=C\CCCCCCCCCCCCC(=O)NC(COP(=O)([O-])OCC[N+](C)(C)C)C(O)/C=C/CC/C=C/CCCCCCCCCCCCCCCCCCCCCCCCCC. The fourth-order valence-corrected chi connectivity index (χ4v) is 10.5. The third kappa shape index (κ3) is 61.7. The Bertz CT molecular complexity index is 1440. The molecule has 0 saturated carbocycles. The van der Waals surface area contributed by atoms with Gasteiger partial charge < -0.3 is 28.8 Å². The molecule has 2 N–H and O–H groups in total. The van der Waals surface area contributed by atoms with Crippen LogP contribution in [0.4, 0.5) is 0 Å². The van der Waals surface area contributed by atoms with Crippen molar-refractivity contribution in [3.8, 4) is 0 Å². The Kier molecular flexibility index (Phi) is 57.5. The summed E-state index contributed by atoms with van der Waals surface area (Å²) >= 11 is 0. The van der Waals surface area contributed by atoms with Gasteiger partial charge in [-0.05, 0) is 70.6 Å². The van der Waals surface area contributed by atoms with Gasteiger partial charge in [-0.15, -0.1) is 0 Å². The molecule has 0 radical (unpaired) electrons. The van der Waals surface area contributed by atoms with E-state index in [0.717, 1.165) is 51.4 Å². The van der Waals surface area contributed by atoms with Crippen LogP contribution in [0.5, 0.6) is 0 Å². The highest BCUT2D eigenvalue weighted by Crippen LogP contribution is 2.38. The highest BCUT2D eigenvalue weighted by molar-refractivity contribution is 7.45. The van der Waals surface area contributed by atoms with Crippen molar-refractivity contribution in [1.82, 2.24) is 5.32 Å². The molecule has 0 bridgehead atoms. The Hall–Kier alpha value is -1.80. The second-order valence-electron chi connectivity index (χ2n) is 23.8. The first-order chi connectivity index (χ1) is 37.5. The summed E-state index contributed by atoms with van der Waals surface area (Å²) in [5.74, 6) is -0.209. The number of amides is 1. The smallest absolute Gasteiger partial charge is 0.268 e. The quantitative estimate of drug-likeness (QED) is 0.0272. The van der Waals surface area contributed by atoms with Crippen LogP contribution < -0.4 is 10.2 Å². The second-order valence-corrected chi connectivity index (χ2v) is 25.2. The lowest BCUT2D eigenvalue weighted by Gasteiger charge is -2.29. The molecule has 8 nitrogen and oxygen atoms in total. The summed E-state index contributed by atoms with van der Waals surface area (Å²) in [6.07, 6.45) is 80.5. The average Bonchev–Trinajstić information content (AvgIpc) is 3.39. The largest absolute Gasteiger partial charge is 0.756 e. The van der Waals surface area contributed by atoms with Gasteiger partial charge in [0.25, 0.3) is 7.82 Å². The normalized spacial score (nSPS) is 14.1. The molecule has 0 aromatic heterocycles. The first kappa shape index (κ1) is 75.2. The zero-order valence-electron chi connectivity index (χ0n) is 51.7. The fraction of sp³-hybridized carbons (Fsp3) is 0.838. The number of hydrogen-bond donors (Lipinski definition) is 2. The van der Waals surface area contributed by atoms with Crippen molar-refractivity contribution < 1.29 is 32.9 Å². The number of phosphoric ester groups is 1. The van der Waals surface area contributed by atoms with Crippen molar-refractivity contribution in [3.63, 3.8) is 0 Å². The van der Waals surface area contributed by atoms with Crippen LogP contribution in [0.2, 0.25) is 0 Å². The molecule has 0 aromatic carbocycles. The van der Waals surface area contributed by atoms with Crippen molar-refractivity contribution in [2.24, 2.45) is 0 Å². The van der Waals surface area contributed by atoms with Crippen LogP contribution in [-0.4, -0.2) is 68.5 Å². The molecular formula is C68H129N2O6P. The molecule has 0 aliphatic rings. The van der Waals surface area contributed by atoms with Crippen LogP contribution in [0.15, 0.2) is 60.8 Å². The maximum atomic E-state index is 13.0. The molecule has 0 fully saturated rings. The molecule has 3 unspecified atom stereocenters. The topological polar surface area (TPSA) is 108 Å². The monoisotopic (exact) mass is 1100 g/mol. The molecule has 0 rings (SSSR count). The molecule has 3 atom stereocenters. The summed E-state index contributed by atoms with van der Waals surface area (Å²) in [5.41, 5.74) is 0. The van der Waals surface area contributed by atoms with E-state index in [1.54, 1.807) is 6.08 Å². The van der Waals surface area contributed by atoms with Gasteiger partial charge in [0.1, 0.15) is 13.2 Å². The van der Waals surface area contributed by atoms with E-state index in [1.165, 1.54) is 244 Å². The van der Waals surface area contributed by atoms with Crippen molar-refractivity contribution in [2.45, 2.75) is 328 Å². The second kappa shape index (κ2) is 58.8. The Morgan fingerprint density at radius 2 is 0.766 bits per heavy atom. The number of quaternary nitrogens is 1. The molecule has 0 spiro atoms. The summed E-state index contributed by atoms with van der Waals surface area (Å²) < 4.78 is 23.4. The molecule has 452 valence electrons. The van der Waals surface area contributed by atoms with Gasteiger partial charge in [-0.2, -0.15) is 0 Å². The van der Waals surface area contributed by atoms with E-state index >= 15 is 0 Å². The van der Waals surface area contributed by atoms with E-state index in [0.29, 0.717) is 17.4 Å². The maximum absolute atomic E-state index is 13.0. The molecule has 9 heteroatoms. The van der Waals surface area contributed by atoms with E-state index < -0.39 is 26.6 Å². The van der Waals surface area contributed by atoms with E-state index in [4.69, 9.17) is 9.05 Å². The molecule has 77 heavy (non-hydrogen) atoms. The Morgan fingerprint density at radius 1 is 0.455 bits per heavy atom. The van der Waals surface area contributed by atoms with Crippen LogP contribution in [0.1, 0.15) is 316 Å². The van der Waals surface area contributed by atoms with Gasteiger partial charge in [-0.1, -0.05) is 299 Å². The Balaban J connectivity index is 4.16. The number of likely N-dealkylation sites (N-methyl/N-ethyl adjacent to an activating group) is 1. The van der Waals surface area contributed by atoms with E-state index in [2.05, 4.69) is 67.8 Å². The molecule has 0 saturated heterocycles. The number of aliphatic hydroxyl groups excluding tert-OH is 1. The zero-order chi connectivity index (χ0) is 56.3. The van der Waals surface area contributed by atoms with Crippen molar-refractivity contribution in [3.05, 3.63) is 60.8 Å². The highest BCUT2D eigenvalue weighted by Gasteiger charge is 2.23. The predicted octanol–water partition coefficient (Wildman–Crippen LogP) is 20.2. The zero-order valence-corrected chi connectivity index (χ0v) is 52.6. The first-order valence-electron chi connectivity index (χ1n) is 33.2. The fourth-order valence-electron chi connectivity index (χ4n) is 9.77. The molecule has 0 aromatic rings. The summed E-state index contributed by atoms with van der Waals surface area (Å²) in [6.45, 7) is 4.65. The number of rotatable bonds is 61. The van der Waals surface area contributed by atoms with Crippen LogP contribution in [0, 0.1) is 0 Å². The number of phosphoric acid groups is 1. The third-order valence-corrected chi connectivity index (χ3v) is 15.9. The lowest BCUT2D eigenvalue weighted by Crippen LogP contribution is -2.45. The van der Waals surface area contributed by atoms with Crippen LogP contribution in [-0.2, 0) is 18.4 Å². The third-order valence-electron chi connectivity index (χ3n) is 14.9. The Labute approximate surface area is 479 Å². The Morgan fingerprint density at radius 3 is 1.14 bits per heavy atom. The molecule has 0 aliphatic carbocycles. The molecular weight excluding hydrogens is 972 g/mol. The van der Waals surface area contributed by atoms with Gasteiger partial charge in [0, 0.05) is 6.42 Å². The number of hydrogen-bond acceptors (Lipinski definition) is 6. The highest BCUT2D eigenvalue weighted by atomic mass is 31.2. The van der Waals surface area contributed by atoms with Crippen LogP contribution in [0.25, 0.3) is 0 Å². The summed E-state index contributed by atoms with van der Waals surface area (Å²) in [5, 5.41) is 13.9. The van der Waals surface area contributed by atoms with Gasteiger partial charge in [0.15, 0.2) is 0 Å². The van der Waals surface area contributed by atoms with Gasteiger partial charge in [-0.3, -0.25) is 9.36 Å². The lowest BCUT2D eigenvalue weighted by atomic mass is 10.0. The minimum atomic E-state index is -4.61. The van der Waals surface area contributed by atoms with Crippen LogP contribution >= 0.6 is 7.82 Å². The number of carbonyl (C=O) groups is 1. The van der Waals surface area contributed by atoms with Crippen molar-refractivity contribution in [1.29, 1.82) is 0 Å². The van der Waals surface area contributed by atoms with Gasteiger partial charge in [0.2, 0.25) is 5.91 Å². The van der Waals surface area contributed by atoms with Gasteiger partial charge in [0.05, 0.1) is 39.9 Å². The van der Waals surface area contributed by atoms with Crippen LogP contribution in [0.3, 0.4) is 0 Å². The maximum Gasteiger partial charge on any atom is 0.268 e. The number of nitrogens with one attached hydrogen (secondary N) is 1. The number of unbranched alkanes of at least 4 members (excludes halogenated alkanes) is 40. The van der Waals surface area contributed by atoms with E-state index in [-0.39, 0.29) is 12.5 Å². The average molecular weight is 1100 g/mol. The lowest BCUT2D eigenvalue weighted by molar-refractivity contribution is -0.870. The van der Waals surface area contributed by atoms with Gasteiger partial charge in [-0.25, -0.2) is 0 Å². The van der Waals surface area contributed by atoms with E-state index in [9.17, 15) is 19.4 Å². The molecule has 0 heterocycles. The summed E-state index contributed by atoms with van der Waals surface area (Å²) in [4.78, 5) is 25.6.